The zero-order valence-corrected chi connectivity index (χ0v) is 11.4. The molecule has 0 radical (unpaired) electrons. The number of hydrogen-bond acceptors (Lipinski definition) is 5. The van der Waals surface area contributed by atoms with Gasteiger partial charge in [-0.15, -0.1) is 0 Å². The zero-order chi connectivity index (χ0) is 16.7. The van der Waals surface area contributed by atoms with Crippen molar-refractivity contribution >= 4 is 17.8 Å². The normalized spacial score (nSPS) is 13.7. The highest BCUT2D eigenvalue weighted by Gasteiger charge is 2.23. The predicted molar refractivity (Wildman–Crippen MR) is 72.2 cm³/mol. The van der Waals surface area contributed by atoms with Crippen LogP contribution >= 0.6 is 0 Å². The van der Waals surface area contributed by atoms with E-state index in [0.29, 0.717) is 10.9 Å². The Morgan fingerprint density at radius 2 is 2.00 bits per heavy atom. The van der Waals surface area contributed by atoms with Crippen molar-refractivity contribution < 1.29 is 26.0 Å². The lowest BCUT2D eigenvalue weighted by atomic mass is 10.2. The van der Waals surface area contributed by atoms with Gasteiger partial charge >= 0.3 is 5.97 Å². The predicted octanol–water partition coefficient (Wildman–Crippen LogP) is -1.31. The molecule has 8 heteroatoms. The van der Waals surface area contributed by atoms with Crippen LogP contribution in [0.25, 0.3) is 0 Å². The van der Waals surface area contributed by atoms with E-state index < -0.39 is 36.5 Å². The molecule has 2 amide bonds. The van der Waals surface area contributed by atoms with Crippen LogP contribution in [0.3, 0.4) is 0 Å². The fourth-order valence-corrected chi connectivity index (χ4v) is 1.47. The smallest absolute Gasteiger partial charge is 0.328 e. The van der Waals surface area contributed by atoms with Gasteiger partial charge in [0.15, 0.2) is 1.41 Å². The number of aliphatic hydroxyl groups is 1. The molecule has 0 aliphatic carbocycles. The molecule has 0 spiro atoms. The van der Waals surface area contributed by atoms with Gasteiger partial charge in [-0.2, -0.15) is 0 Å². The largest absolute Gasteiger partial charge is 0.480 e. The monoisotopic (exact) mass is 296 g/mol. The molecule has 4 N–H and O–H groups in total. The summed E-state index contributed by atoms with van der Waals surface area (Å²) < 4.78 is 7.67. The van der Waals surface area contributed by atoms with Crippen molar-refractivity contribution in [2.75, 3.05) is 6.61 Å². The molecular formula is C13H17N3O5. The maximum absolute atomic E-state index is 11.9. The van der Waals surface area contributed by atoms with Crippen LogP contribution in [-0.2, 0) is 20.8 Å². The molecule has 114 valence electrons. The number of carboxylic acids is 1. The van der Waals surface area contributed by atoms with Crippen molar-refractivity contribution in [3.05, 3.63) is 30.1 Å². The Bertz CT molecular complexity index is 540. The average Bonchev–Trinajstić information content (AvgIpc) is 2.51. The van der Waals surface area contributed by atoms with Gasteiger partial charge in [0.1, 0.15) is 12.1 Å². The molecule has 0 unspecified atom stereocenters. The minimum atomic E-state index is -1.47. The number of carboxylic acid groups (broad SMARTS) is 1. The first-order valence-corrected chi connectivity index (χ1v) is 6.20. The van der Waals surface area contributed by atoms with Crippen LogP contribution in [0, 0.1) is 0 Å². The fourth-order valence-electron chi connectivity index (χ4n) is 1.47. The van der Waals surface area contributed by atoms with Crippen LogP contribution in [-0.4, -0.2) is 51.7 Å². The van der Waals surface area contributed by atoms with E-state index in [2.05, 4.69) is 10.3 Å². The molecule has 1 heterocycles. The highest BCUT2D eigenvalue weighted by Crippen LogP contribution is 1.98. The third kappa shape index (κ3) is 5.57. The molecule has 0 saturated carbocycles. The average molecular weight is 296 g/mol. The number of hydrogen-bond donors (Lipinski definition) is 4. The van der Waals surface area contributed by atoms with Crippen molar-refractivity contribution in [1.82, 2.24) is 15.6 Å². The van der Waals surface area contributed by atoms with E-state index in [1.54, 1.807) is 12.1 Å². The zero-order valence-electron chi connectivity index (χ0n) is 12.4. The van der Waals surface area contributed by atoms with Gasteiger partial charge in [0.25, 0.3) is 0 Å². The van der Waals surface area contributed by atoms with Crippen molar-refractivity contribution in [3.8, 4) is 0 Å². The second kappa shape index (κ2) is 7.95. The van der Waals surface area contributed by atoms with Crippen LogP contribution in [0.1, 0.15) is 12.5 Å². The van der Waals surface area contributed by atoms with E-state index in [1.165, 1.54) is 19.3 Å². The standard InChI is InChI=1S/C13H17N3O5/c1-8(12(19)16-10(7-17)13(20)21)15-11(18)6-9-2-4-14-5-3-9/h2-5,8,10,17H,6-7H2,1H3,(H,15,18)(H,16,19)(H,20,21)/t8-,10-/m0/s1/i/hD. The minimum Gasteiger partial charge on any atom is -0.480 e. The summed E-state index contributed by atoms with van der Waals surface area (Å²) in [6.07, 6.45) is 2.93. The molecule has 0 aliphatic heterocycles. The van der Waals surface area contributed by atoms with Crippen LogP contribution in [0.2, 0.25) is 1.41 Å². The number of carbonyl (C=O) groups excluding carboxylic acids is 2. The van der Waals surface area contributed by atoms with Crippen LogP contribution in [0.5, 0.6) is 0 Å². The van der Waals surface area contributed by atoms with Crippen LogP contribution in [0.15, 0.2) is 24.5 Å². The SMILES string of the molecule is [2H]N(C(=O)Cc1ccncc1)[C@@H](C)C(=O)N[C@@H](CO)C(=O)O. The Labute approximate surface area is 122 Å². The van der Waals surface area contributed by atoms with Crippen LogP contribution < -0.4 is 10.6 Å². The molecule has 0 fully saturated rings. The molecule has 0 aliphatic rings. The first kappa shape index (κ1) is 14.9. The lowest BCUT2D eigenvalue weighted by molar-refractivity contribution is -0.143. The third-order valence-corrected chi connectivity index (χ3v) is 2.62. The molecule has 0 aromatic carbocycles. The molecule has 21 heavy (non-hydrogen) atoms. The van der Waals surface area contributed by atoms with Gasteiger partial charge in [0, 0.05) is 12.4 Å². The number of rotatable bonds is 7. The first-order valence-electron chi connectivity index (χ1n) is 6.65. The summed E-state index contributed by atoms with van der Waals surface area (Å²) in [5, 5.41) is 20.1. The van der Waals surface area contributed by atoms with E-state index in [9.17, 15) is 14.4 Å². The highest BCUT2D eigenvalue weighted by atomic mass is 16.4. The summed E-state index contributed by atoms with van der Waals surface area (Å²) in [4.78, 5) is 38.3. The molecule has 1 aromatic rings. The summed E-state index contributed by atoms with van der Waals surface area (Å²) >= 11 is 0. The number of nitrogens with zero attached hydrogens (tertiary/aromatic N) is 1. The van der Waals surface area contributed by atoms with Gasteiger partial charge in [-0.1, -0.05) is 0 Å². The van der Waals surface area contributed by atoms with Crippen molar-refractivity contribution in [3.63, 3.8) is 0 Å². The molecule has 2 atom stereocenters. The Hall–Kier alpha value is -2.48. The Morgan fingerprint density at radius 3 is 2.52 bits per heavy atom. The maximum Gasteiger partial charge on any atom is 0.328 e. The molecule has 8 nitrogen and oxygen atoms in total. The van der Waals surface area contributed by atoms with E-state index in [-0.39, 0.29) is 6.42 Å². The number of amides is 2. The Morgan fingerprint density at radius 1 is 1.38 bits per heavy atom. The second-order valence-corrected chi connectivity index (χ2v) is 4.31. The number of nitrogens with one attached hydrogen (secondary N) is 2. The van der Waals surface area contributed by atoms with E-state index >= 15 is 0 Å². The summed E-state index contributed by atoms with van der Waals surface area (Å²) in [7, 11) is 0. The summed E-state index contributed by atoms with van der Waals surface area (Å²) in [6.45, 7) is 0.514. The molecule has 0 bridgehead atoms. The lowest BCUT2D eigenvalue weighted by Gasteiger charge is -2.17. The number of pyridine rings is 1. The molecular weight excluding hydrogens is 278 g/mol. The topological polar surface area (TPSA) is 129 Å². The molecule has 1 aromatic heterocycles. The van der Waals surface area contributed by atoms with E-state index in [0.717, 1.165) is 0 Å². The quantitative estimate of drug-likeness (QED) is 0.494. The second-order valence-electron chi connectivity index (χ2n) is 4.31. The first-order chi connectivity index (χ1) is 10.4. The molecule has 0 saturated heterocycles. The van der Waals surface area contributed by atoms with Crippen molar-refractivity contribution in [2.45, 2.75) is 25.4 Å². The third-order valence-electron chi connectivity index (χ3n) is 2.62. The number of aliphatic carboxylic acids is 1. The van der Waals surface area contributed by atoms with Crippen molar-refractivity contribution in [1.29, 1.82) is 0 Å². The van der Waals surface area contributed by atoms with Gasteiger partial charge < -0.3 is 20.8 Å². The van der Waals surface area contributed by atoms with Gasteiger partial charge in [-0.3, -0.25) is 14.6 Å². The van der Waals surface area contributed by atoms with Gasteiger partial charge in [-0.25, -0.2) is 4.79 Å². The summed E-state index contributed by atoms with van der Waals surface area (Å²) in [5.74, 6) is -2.85. The van der Waals surface area contributed by atoms with Crippen molar-refractivity contribution in [2.24, 2.45) is 0 Å². The Kier molecular flexibility index (Phi) is 5.65. The van der Waals surface area contributed by atoms with E-state index in [1.807, 2.05) is 0 Å². The fraction of sp³-hybridized carbons (Fsp3) is 0.385. The van der Waals surface area contributed by atoms with Gasteiger partial charge in [-0.05, 0) is 24.6 Å². The molecule has 1 rings (SSSR count). The minimum absolute atomic E-state index is 0.0774. The van der Waals surface area contributed by atoms with Gasteiger partial charge in [0.05, 0.1) is 13.0 Å². The lowest BCUT2D eigenvalue weighted by Crippen LogP contribution is -2.51. The maximum atomic E-state index is 11.9. The summed E-state index contributed by atoms with van der Waals surface area (Å²) in [6, 6.07) is 0.562. The van der Waals surface area contributed by atoms with E-state index in [4.69, 9.17) is 11.6 Å². The number of aromatic nitrogens is 1. The summed E-state index contributed by atoms with van der Waals surface area (Å²) in [5.41, 5.74) is 0.642. The highest BCUT2D eigenvalue weighted by molar-refractivity contribution is 5.90. The number of aliphatic hydroxyl groups excluding tert-OH is 1. The number of carbonyl (C=O) groups is 3. The Balaban J connectivity index is 2.63. The van der Waals surface area contributed by atoms with Gasteiger partial charge in [0.2, 0.25) is 11.8 Å². The van der Waals surface area contributed by atoms with Crippen LogP contribution in [0.4, 0.5) is 0 Å².